The molecule has 0 atom stereocenters. The van der Waals surface area contributed by atoms with Crippen molar-refractivity contribution in [3.63, 3.8) is 0 Å². The van der Waals surface area contributed by atoms with Crippen molar-refractivity contribution in [2.75, 3.05) is 39.5 Å². The number of nitrogens with one attached hydrogen (secondary N) is 1. The summed E-state index contributed by atoms with van der Waals surface area (Å²) in [5.74, 6) is -1.08. The van der Waals surface area contributed by atoms with E-state index in [1.165, 1.54) is 23.4 Å². The number of rotatable bonds is 5. The van der Waals surface area contributed by atoms with Crippen LogP contribution in [0.4, 0.5) is 10.5 Å². The van der Waals surface area contributed by atoms with Gasteiger partial charge >= 0.3 is 12.0 Å². The lowest BCUT2D eigenvalue weighted by Gasteiger charge is -2.20. The molecule has 0 aliphatic heterocycles. The van der Waals surface area contributed by atoms with Crippen LogP contribution in [0, 0.1) is 0 Å². The van der Waals surface area contributed by atoms with E-state index in [9.17, 15) is 9.59 Å². The topological polar surface area (TPSA) is 85.8 Å². The molecule has 0 radical (unpaired) electrons. The number of likely N-dealkylation sites (N-methyl/N-ethyl adjacent to an activating group) is 2. The Labute approximate surface area is 111 Å². The summed E-state index contributed by atoms with van der Waals surface area (Å²) in [7, 11) is 5.52. The second-order valence-corrected chi connectivity index (χ2v) is 4.42. The second-order valence-electron chi connectivity index (χ2n) is 4.42. The van der Waals surface area contributed by atoms with Crippen molar-refractivity contribution in [1.82, 2.24) is 14.8 Å². The number of hydrogen-bond donors (Lipinski definition) is 2. The molecule has 1 rings (SSSR count). The van der Waals surface area contributed by atoms with E-state index in [0.29, 0.717) is 12.2 Å². The maximum Gasteiger partial charge on any atom is 0.337 e. The molecule has 2 amide bonds. The van der Waals surface area contributed by atoms with Crippen LogP contribution in [0.2, 0.25) is 0 Å². The number of carbonyl (C=O) groups is 2. The predicted molar refractivity (Wildman–Crippen MR) is 71.4 cm³/mol. The van der Waals surface area contributed by atoms with E-state index in [0.717, 1.165) is 6.54 Å². The largest absolute Gasteiger partial charge is 0.478 e. The predicted octanol–water partition coefficient (Wildman–Crippen LogP) is 0.805. The first-order chi connectivity index (χ1) is 8.90. The summed E-state index contributed by atoms with van der Waals surface area (Å²) in [4.78, 5) is 29.9. The Kier molecular flexibility index (Phi) is 5.25. The van der Waals surface area contributed by atoms with E-state index in [-0.39, 0.29) is 11.6 Å². The highest BCUT2D eigenvalue weighted by Gasteiger charge is 2.10. The summed E-state index contributed by atoms with van der Waals surface area (Å²) >= 11 is 0. The van der Waals surface area contributed by atoms with Crippen LogP contribution in [0.1, 0.15) is 10.4 Å². The Morgan fingerprint density at radius 3 is 2.53 bits per heavy atom. The van der Waals surface area contributed by atoms with Crippen molar-refractivity contribution in [3.05, 3.63) is 24.0 Å². The molecular weight excluding hydrogens is 248 g/mol. The van der Waals surface area contributed by atoms with Gasteiger partial charge < -0.3 is 20.2 Å². The van der Waals surface area contributed by atoms with Crippen LogP contribution in [0.25, 0.3) is 0 Å². The molecule has 0 aliphatic rings. The lowest BCUT2D eigenvalue weighted by molar-refractivity contribution is 0.0696. The van der Waals surface area contributed by atoms with Crippen molar-refractivity contribution in [2.45, 2.75) is 0 Å². The quantitative estimate of drug-likeness (QED) is 0.823. The molecule has 0 unspecified atom stereocenters. The Bertz CT molecular complexity index is 462. The van der Waals surface area contributed by atoms with Gasteiger partial charge in [0.05, 0.1) is 17.4 Å². The average Bonchev–Trinajstić information content (AvgIpc) is 2.36. The minimum atomic E-state index is -1.08. The highest BCUT2D eigenvalue weighted by Crippen LogP contribution is 2.09. The van der Waals surface area contributed by atoms with Crippen molar-refractivity contribution in [3.8, 4) is 0 Å². The van der Waals surface area contributed by atoms with Crippen molar-refractivity contribution >= 4 is 17.7 Å². The number of urea groups is 1. The molecule has 0 spiro atoms. The molecule has 0 fully saturated rings. The zero-order chi connectivity index (χ0) is 14.4. The Morgan fingerprint density at radius 2 is 1.95 bits per heavy atom. The molecule has 0 bridgehead atoms. The van der Waals surface area contributed by atoms with E-state index in [4.69, 9.17) is 5.11 Å². The van der Waals surface area contributed by atoms with Crippen LogP contribution in [0.15, 0.2) is 18.5 Å². The third-order valence-corrected chi connectivity index (χ3v) is 2.47. The standard InChI is InChI=1S/C12H18N4O3/c1-15(2)4-5-16(3)12(19)14-10-6-9(11(17)18)7-13-8-10/h6-8H,4-5H2,1-3H3,(H,14,19)(H,17,18). The maximum atomic E-state index is 11.8. The SMILES string of the molecule is CN(C)CCN(C)C(=O)Nc1cncc(C(=O)O)c1. The second kappa shape index (κ2) is 6.69. The molecular formula is C12H18N4O3. The average molecular weight is 266 g/mol. The van der Waals surface area contributed by atoms with Gasteiger partial charge in [0.25, 0.3) is 0 Å². The fourth-order valence-corrected chi connectivity index (χ4v) is 1.30. The molecule has 0 aliphatic carbocycles. The van der Waals surface area contributed by atoms with Gasteiger partial charge in [-0.2, -0.15) is 0 Å². The monoisotopic (exact) mass is 266 g/mol. The first kappa shape index (κ1) is 14.9. The number of carboxylic acids is 1. The van der Waals surface area contributed by atoms with E-state index in [1.54, 1.807) is 7.05 Å². The smallest absolute Gasteiger partial charge is 0.337 e. The zero-order valence-corrected chi connectivity index (χ0v) is 11.3. The van der Waals surface area contributed by atoms with Crippen LogP contribution in [0.3, 0.4) is 0 Å². The normalized spacial score (nSPS) is 10.3. The summed E-state index contributed by atoms with van der Waals surface area (Å²) in [6, 6.07) is 1.07. The molecule has 0 aromatic carbocycles. The summed E-state index contributed by atoms with van der Waals surface area (Å²) < 4.78 is 0. The van der Waals surface area contributed by atoms with Gasteiger partial charge in [-0.3, -0.25) is 4.98 Å². The van der Waals surface area contributed by atoms with E-state index >= 15 is 0 Å². The molecule has 0 saturated heterocycles. The summed E-state index contributed by atoms with van der Waals surface area (Å²) in [5, 5.41) is 11.4. The number of carbonyl (C=O) groups excluding carboxylic acids is 1. The highest BCUT2D eigenvalue weighted by molar-refractivity contribution is 5.92. The lowest BCUT2D eigenvalue weighted by atomic mass is 10.2. The number of nitrogens with zero attached hydrogens (tertiary/aromatic N) is 3. The highest BCUT2D eigenvalue weighted by atomic mass is 16.4. The number of carboxylic acid groups (broad SMARTS) is 1. The van der Waals surface area contributed by atoms with Crippen LogP contribution >= 0.6 is 0 Å². The number of pyridine rings is 1. The van der Waals surface area contributed by atoms with Gasteiger partial charge in [0.2, 0.25) is 0 Å². The van der Waals surface area contributed by atoms with E-state index < -0.39 is 5.97 Å². The van der Waals surface area contributed by atoms with E-state index in [2.05, 4.69) is 10.3 Å². The summed E-state index contributed by atoms with van der Waals surface area (Å²) in [6.45, 7) is 1.32. The van der Waals surface area contributed by atoms with Gasteiger partial charge in [-0.1, -0.05) is 0 Å². The summed E-state index contributed by atoms with van der Waals surface area (Å²) in [5.41, 5.74) is 0.398. The molecule has 7 nitrogen and oxygen atoms in total. The van der Waals surface area contributed by atoms with Crippen LogP contribution in [0.5, 0.6) is 0 Å². The number of amides is 2. The molecule has 0 saturated carbocycles. The molecule has 1 heterocycles. The van der Waals surface area contributed by atoms with Gasteiger partial charge in [0.15, 0.2) is 0 Å². The maximum absolute atomic E-state index is 11.8. The number of hydrogen-bond acceptors (Lipinski definition) is 4. The van der Waals surface area contributed by atoms with Gasteiger partial charge in [-0.25, -0.2) is 9.59 Å². The van der Waals surface area contributed by atoms with Crippen LogP contribution < -0.4 is 5.32 Å². The number of aromatic carboxylic acids is 1. The molecule has 1 aromatic rings. The zero-order valence-electron chi connectivity index (χ0n) is 11.3. The lowest BCUT2D eigenvalue weighted by Crippen LogP contribution is -2.36. The van der Waals surface area contributed by atoms with Crippen molar-refractivity contribution in [2.24, 2.45) is 0 Å². The fourth-order valence-electron chi connectivity index (χ4n) is 1.30. The first-order valence-electron chi connectivity index (χ1n) is 5.75. The molecule has 2 N–H and O–H groups in total. The molecule has 104 valence electrons. The Morgan fingerprint density at radius 1 is 1.26 bits per heavy atom. The van der Waals surface area contributed by atoms with Gasteiger partial charge in [0, 0.05) is 26.3 Å². The van der Waals surface area contributed by atoms with Gasteiger partial charge in [0.1, 0.15) is 0 Å². The van der Waals surface area contributed by atoms with Gasteiger partial charge in [-0.05, 0) is 20.2 Å². The van der Waals surface area contributed by atoms with Crippen molar-refractivity contribution in [1.29, 1.82) is 0 Å². The molecule has 7 heteroatoms. The summed E-state index contributed by atoms with van der Waals surface area (Å²) in [6.07, 6.45) is 2.64. The Hall–Kier alpha value is -2.15. The Balaban J connectivity index is 2.61. The minimum Gasteiger partial charge on any atom is -0.478 e. The minimum absolute atomic E-state index is 0.0359. The first-order valence-corrected chi connectivity index (χ1v) is 5.75. The molecule has 19 heavy (non-hydrogen) atoms. The van der Waals surface area contributed by atoms with Crippen LogP contribution in [-0.2, 0) is 0 Å². The third kappa shape index (κ3) is 4.92. The third-order valence-electron chi connectivity index (χ3n) is 2.47. The van der Waals surface area contributed by atoms with Crippen molar-refractivity contribution < 1.29 is 14.7 Å². The number of anilines is 1. The van der Waals surface area contributed by atoms with Gasteiger partial charge in [-0.15, -0.1) is 0 Å². The van der Waals surface area contributed by atoms with E-state index in [1.807, 2.05) is 19.0 Å². The fraction of sp³-hybridized carbons (Fsp3) is 0.417. The van der Waals surface area contributed by atoms with Crippen LogP contribution in [-0.4, -0.2) is 66.1 Å². The molecule has 1 aromatic heterocycles. The number of aromatic nitrogens is 1.